The largest absolute Gasteiger partial charge is 0.352 e. The predicted molar refractivity (Wildman–Crippen MR) is 128 cm³/mol. The Morgan fingerprint density at radius 3 is 1.38 bits per heavy atom. The van der Waals surface area contributed by atoms with Crippen LogP contribution in [0.3, 0.4) is 0 Å². The van der Waals surface area contributed by atoms with Gasteiger partial charge in [-0.3, -0.25) is 0 Å². The SMILES string of the molecule is CCCCCCN(C(=S)S)C(CCCCC)(CCCCC)CCCCC. The summed E-state index contributed by atoms with van der Waals surface area (Å²) in [6.07, 6.45) is 21.0. The zero-order chi connectivity index (χ0) is 19.7. The molecule has 0 bridgehead atoms. The first kappa shape index (κ1) is 26.2. The molecule has 0 spiro atoms. The fourth-order valence-electron chi connectivity index (χ4n) is 4.12. The van der Waals surface area contributed by atoms with Gasteiger partial charge in [-0.15, -0.1) is 12.6 Å². The number of unbranched alkanes of at least 4 members (excludes halogenated alkanes) is 9. The van der Waals surface area contributed by atoms with Crippen molar-refractivity contribution in [1.82, 2.24) is 4.90 Å². The topological polar surface area (TPSA) is 3.24 Å². The monoisotopic (exact) mass is 401 g/mol. The van der Waals surface area contributed by atoms with Gasteiger partial charge in [0, 0.05) is 12.1 Å². The lowest BCUT2D eigenvalue weighted by molar-refractivity contribution is 0.124. The summed E-state index contributed by atoms with van der Waals surface area (Å²) in [6, 6.07) is 0. The molecule has 0 aliphatic rings. The van der Waals surface area contributed by atoms with Gasteiger partial charge in [-0.05, 0) is 25.7 Å². The molecule has 0 fully saturated rings. The van der Waals surface area contributed by atoms with Crippen molar-refractivity contribution in [3.05, 3.63) is 0 Å². The van der Waals surface area contributed by atoms with Gasteiger partial charge in [-0.25, -0.2) is 0 Å². The quantitative estimate of drug-likeness (QED) is 0.139. The van der Waals surface area contributed by atoms with Crippen LogP contribution in [-0.2, 0) is 0 Å². The third kappa shape index (κ3) is 11.2. The lowest BCUT2D eigenvalue weighted by Gasteiger charge is -2.46. The van der Waals surface area contributed by atoms with Gasteiger partial charge in [-0.2, -0.15) is 0 Å². The molecule has 0 unspecified atom stereocenters. The molecule has 3 heteroatoms. The van der Waals surface area contributed by atoms with Crippen LogP contribution in [0.15, 0.2) is 0 Å². The Labute approximate surface area is 176 Å². The van der Waals surface area contributed by atoms with Crippen LogP contribution < -0.4 is 0 Å². The first-order chi connectivity index (χ1) is 12.6. The van der Waals surface area contributed by atoms with Crippen molar-refractivity contribution in [1.29, 1.82) is 0 Å². The van der Waals surface area contributed by atoms with E-state index < -0.39 is 0 Å². The van der Waals surface area contributed by atoms with Crippen LogP contribution in [0.2, 0.25) is 0 Å². The van der Waals surface area contributed by atoms with E-state index in [2.05, 4.69) is 32.6 Å². The second-order valence-electron chi connectivity index (χ2n) is 8.09. The van der Waals surface area contributed by atoms with E-state index in [1.807, 2.05) is 0 Å². The normalized spacial score (nSPS) is 11.7. The Bertz CT molecular complexity index is 304. The number of nitrogens with zero attached hydrogens (tertiary/aromatic N) is 1. The van der Waals surface area contributed by atoms with Crippen molar-refractivity contribution < 1.29 is 0 Å². The molecular formula is C23H47NS2. The molecule has 156 valence electrons. The van der Waals surface area contributed by atoms with Crippen LogP contribution in [0.5, 0.6) is 0 Å². The highest BCUT2D eigenvalue weighted by atomic mass is 32.1. The second kappa shape index (κ2) is 17.3. The van der Waals surface area contributed by atoms with Crippen LogP contribution in [0, 0.1) is 0 Å². The van der Waals surface area contributed by atoms with Gasteiger partial charge in [0.15, 0.2) is 0 Å². The van der Waals surface area contributed by atoms with Crippen LogP contribution in [0.25, 0.3) is 0 Å². The first-order valence-corrected chi connectivity index (χ1v) is 12.4. The van der Waals surface area contributed by atoms with E-state index in [0.717, 1.165) is 10.9 Å². The number of thiol groups is 1. The van der Waals surface area contributed by atoms with Crippen LogP contribution in [0.4, 0.5) is 0 Å². The smallest absolute Gasteiger partial charge is 0.133 e. The van der Waals surface area contributed by atoms with Crippen molar-refractivity contribution in [2.75, 3.05) is 6.54 Å². The summed E-state index contributed by atoms with van der Waals surface area (Å²) in [5.41, 5.74) is 0.255. The zero-order valence-electron chi connectivity index (χ0n) is 18.3. The molecule has 1 nitrogen and oxygen atoms in total. The van der Waals surface area contributed by atoms with Crippen LogP contribution >= 0.6 is 24.8 Å². The summed E-state index contributed by atoms with van der Waals surface area (Å²) >= 11 is 10.4. The lowest BCUT2D eigenvalue weighted by atomic mass is 9.80. The molecule has 0 N–H and O–H groups in total. The summed E-state index contributed by atoms with van der Waals surface area (Å²) in [5, 5.41) is 0. The van der Waals surface area contributed by atoms with Crippen LogP contribution in [-0.4, -0.2) is 21.3 Å². The summed E-state index contributed by atoms with van der Waals surface area (Å²) in [5.74, 6) is 0. The highest BCUT2D eigenvalue weighted by Crippen LogP contribution is 2.36. The Morgan fingerprint density at radius 1 is 0.654 bits per heavy atom. The molecular weight excluding hydrogens is 354 g/mol. The maximum atomic E-state index is 5.67. The van der Waals surface area contributed by atoms with Crippen molar-refractivity contribution in [3.63, 3.8) is 0 Å². The van der Waals surface area contributed by atoms with Gasteiger partial charge in [0.2, 0.25) is 0 Å². The minimum Gasteiger partial charge on any atom is -0.352 e. The molecule has 0 aromatic heterocycles. The summed E-state index contributed by atoms with van der Waals surface area (Å²) < 4.78 is 0.839. The van der Waals surface area contributed by atoms with Crippen molar-refractivity contribution in [2.24, 2.45) is 0 Å². The van der Waals surface area contributed by atoms with Gasteiger partial charge >= 0.3 is 0 Å². The summed E-state index contributed by atoms with van der Waals surface area (Å²) in [4.78, 5) is 2.56. The average Bonchev–Trinajstić information content (AvgIpc) is 2.61. The molecule has 0 rings (SSSR count). The van der Waals surface area contributed by atoms with E-state index in [0.29, 0.717) is 0 Å². The molecule has 0 saturated heterocycles. The lowest BCUT2D eigenvalue weighted by Crippen LogP contribution is -2.50. The zero-order valence-corrected chi connectivity index (χ0v) is 20.0. The maximum absolute atomic E-state index is 5.67. The van der Waals surface area contributed by atoms with Gasteiger partial charge in [0.25, 0.3) is 0 Å². The van der Waals surface area contributed by atoms with E-state index in [1.165, 1.54) is 103 Å². The highest BCUT2D eigenvalue weighted by Gasteiger charge is 2.35. The Hall–Kier alpha value is 0.240. The Kier molecular flexibility index (Phi) is 17.5. The minimum absolute atomic E-state index is 0.255. The summed E-state index contributed by atoms with van der Waals surface area (Å²) in [7, 11) is 0. The number of thiocarbonyl (C=S) groups is 1. The first-order valence-electron chi connectivity index (χ1n) is 11.6. The van der Waals surface area contributed by atoms with E-state index in [9.17, 15) is 0 Å². The number of hydrogen-bond acceptors (Lipinski definition) is 1. The minimum atomic E-state index is 0.255. The van der Waals surface area contributed by atoms with Crippen LogP contribution in [0.1, 0.15) is 130 Å². The van der Waals surface area contributed by atoms with E-state index >= 15 is 0 Å². The van der Waals surface area contributed by atoms with Crippen molar-refractivity contribution in [2.45, 2.75) is 136 Å². The Balaban J connectivity index is 5.28. The maximum Gasteiger partial charge on any atom is 0.133 e. The molecule has 0 saturated carbocycles. The fourth-order valence-corrected chi connectivity index (χ4v) is 4.72. The standard InChI is InChI=1S/C23H47NS2/c1-5-9-13-17-21-24(22(25)26)23(18-14-10-6-2,19-15-11-7-3)20-16-12-8-4/h5-21H2,1-4H3,(H,25,26). The van der Waals surface area contributed by atoms with Gasteiger partial charge in [0.05, 0.1) is 0 Å². The third-order valence-electron chi connectivity index (χ3n) is 5.78. The predicted octanol–water partition coefficient (Wildman–Crippen LogP) is 8.56. The Morgan fingerprint density at radius 2 is 1.04 bits per heavy atom. The van der Waals surface area contributed by atoms with Crippen molar-refractivity contribution in [3.8, 4) is 0 Å². The number of hydrogen-bond donors (Lipinski definition) is 1. The van der Waals surface area contributed by atoms with E-state index in [4.69, 9.17) is 24.8 Å². The second-order valence-corrected chi connectivity index (χ2v) is 9.20. The van der Waals surface area contributed by atoms with E-state index in [1.54, 1.807) is 0 Å². The highest BCUT2D eigenvalue weighted by molar-refractivity contribution is 8.10. The molecule has 0 amide bonds. The number of rotatable bonds is 18. The fraction of sp³-hybridized carbons (Fsp3) is 0.957. The van der Waals surface area contributed by atoms with E-state index in [-0.39, 0.29) is 5.54 Å². The van der Waals surface area contributed by atoms with Gasteiger partial charge in [0.1, 0.15) is 4.32 Å². The molecule has 0 heterocycles. The van der Waals surface area contributed by atoms with Gasteiger partial charge < -0.3 is 4.90 Å². The van der Waals surface area contributed by atoms with Crippen molar-refractivity contribution >= 4 is 29.2 Å². The summed E-state index contributed by atoms with van der Waals surface area (Å²) in [6.45, 7) is 10.3. The molecule has 0 radical (unpaired) electrons. The third-order valence-corrected chi connectivity index (χ3v) is 6.24. The molecule has 0 aromatic carbocycles. The average molecular weight is 402 g/mol. The molecule has 0 aromatic rings. The molecule has 0 aliphatic carbocycles. The molecule has 0 atom stereocenters. The molecule has 26 heavy (non-hydrogen) atoms. The molecule has 0 aliphatic heterocycles. The van der Waals surface area contributed by atoms with Gasteiger partial charge in [-0.1, -0.05) is 117 Å².